The molecule has 0 radical (unpaired) electrons. The quantitative estimate of drug-likeness (QED) is 0.644. The second-order valence-electron chi connectivity index (χ2n) is 4.57. The van der Waals surface area contributed by atoms with E-state index in [-0.39, 0.29) is 18.4 Å². The van der Waals surface area contributed by atoms with Crippen LogP contribution in [0.25, 0.3) is 0 Å². The highest BCUT2D eigenvalue weighted by molar-refractivity contribution is 6.42. The highest BCUT2D eigenvalue weighted by Gasteiger charge is 2.13. The fourth-order valence-corrected chi connectivity index (χ4v) is 2.21. The summed E-state index contributed by atoms with van der Waals surface area (Å²) < 4.78 is 0. The van der Waals surface area contributed by atoms with Gasteiger partial charge in [-0.3, -0.25) is 4.79 Å². The van der Waals surface area contributed by atoms with E-state index in [0.29, 0.717) is 23.1 Å². The van der Waals surface area contributed by atoms with Gasteiger partial charge in [-0.05, 0) is 30.7 Å². The van der Waals surface area contributed by atoms with Gasteiger partial charge in [-0.15, -0.1) is 0 Å². The molecule has 3 N–H and O–H groups in total. The molecule has 4 nitrogen and oxygen atoms in total. The molecule has 0 aliphatic heterocycles. The summed E-state index contributed by atoms with van der Waals surface area (Å²) in [6.45, 7) is 3.48. The van der Waals surface area contributed by atoms with Crippen LogP contribution in [0.2, 0.25) is 10.0 Å². The molecule has 1 atom stereocenters. The Balaban J connectivity index is 2.68. The van der Waals surface area contributed by atoms with Gasteiger partial charge in [0.25, 0.3) is 0 Å². The molecule has 1 rings (SSSR count). The summed E-state index contributed by atoms with van der Waals surface area (Å²) in [5.41, 5.74) is 1.04. The number of rotatable bonds is 8. The van der Waals surface area contributed by atoms with Gasteiger partial charge < -0.3 is 15.7 Å². The van der Waals surface area contributed by atoms with Crippen molar-refractivity contribution < 1.29 is 9.90 Å². The van der Waals surface area contributed by atoms with Gasteiger partial charge >= 0.3 is 0 Å². The number of carbonyl (C=O) groups excluding carboxylic acids is 1. The lowest BCUT2D eigenvalue weighted by Gasteiger charge is -2.18. The van der Waals surface area contributed by atoms with Gasteiger partial charge in [-0.25, -0.2) is 0 Å². The van der Waals surface area contributed by atoms with Crippen LogP contribution in [-0.2, 0) is 4.79 Å². The molecule has 0 saturated heterocycles. The largest absolute Gasteiger partial charge is 0.395 e. The van der Waals surface area contributed by atoms with Gasteiger partial charge in [0, 0.05) is 25.9 Å². The van der Waals surface area contributed by atoms with Crippen LogP contribution >= 0.6 is 23.2 Å². The highest BCUT2D eigenvalue weighted by atomic mass is 35.5. The Morgan fingerprint density at radius 3 is 2.65 bits per heavy atom. The van der Waals surface area contributed by atoms with Crippen molar-refractivity contribution in [3.05, 3.63) is 33.8 Å². The van der Waals surface area contributed by atoms with E-state index >= 15 is 0 Å². The lowest BCUT2D eigenvalue weighted by Crippen LogP contribution is -2.28. The highest BCUT2D eigenvalue weighted by Crippen LogP contribution is 2.27. The fraction of sp³-hybridized carbons (Fsp3) is 0.500. The summed E-state index contributed by atoms with van der Waals surface area (Å²) in [4.78, 5) is 11.1. The molecule has 1 amide bonds. The number of hydrogen-bond donors (Lipinski definition) is 3. The Morgan fingerprint density at radius 1 is 1.30 bits per heavy atom. The number of nitrogens with one attached hydrogen (secondary N) is 2. The van der Waals surface area contributed by atoms with E-state index in [9.17, 15) is 4.79 Å². The van der Waals surface area contributed by atoms with Gasteiger partial charge in [0.05, 0.1) is 16.7 Å². The molecule has 20 heavy (non-hydrogen) atoms. The minimum atomic E-state index is -0.0571. The van der Waals surface area contributed by atoms with Crippen LogP contribution in [-0.4, -0.2) is 37.3 Å². The number of halogens is 2. The van der Waals surface area contributed by atoms with E-state index in [4.69, 9.17) is 28.3 Å². The Bertz CT molecular complexity index is 441. The van der Waals surface area contributed by atoms with Crippen molar-refractivity contribution in [3.63, 3.8) is 0 Å². The van der Waals surface area contributed by atoms with Crippen molar-refractivity contribution in [2.75, 3.05) is 26.2 Å². The summed E-state index contributed by atoms with van der Waals surface area (Å²) in [5, 5.41) is 15.7. The summed E-state index contributed by atoms with van der Waals surface area (Å²) in [6.07, 6.45) is 0.832. The van der Waals surface area contributed by atoms with Gasteiger partial charge in [-0.1, -0.05) is 29.3 Å². The van der Waals surface area contributed by atoms with E-state index in [0.717, 1.165) is 18.5 Å². The van der Waals surface area contributed by atoms with Crippen LogP contribution in [0.1, 0.15) is 24.8 Å². The third-order valence-corrected chi connectivity index (χ3v) is 3.71. The molecule has 0 aromatic heterocycles. The van der Waals surface area contributed by atoms with Crippen LogP contribution in [0.5, 0.6) is 0 Å². The fourth-order valence-electron chi connectivity index (χ4n) is 1.90. The predicted molar refractivity (Wildman–Crippen MR) is 82.5 cm³/mol. The summed E-state index contributed by atoms with van der Waals surface area (Å²) >= 11 is 12.0. The smallest absolute Gasteiger partial charge is 0.216 e. The number of benzene rings is 1. The van der Waals surface area contributed by atoms with Crippen molar-refractivity contribution >= 4 is 29.1 Å². The Kier molecular flexibility index (Phi) is 7.92. The molecule has 1 aromatic rings. The van der Waals surface area contributed by atoms with Gasteiger partial charge in [-0.2, -0.15) is 0 Å². The maximum atomic E-state index is 11.1. The van der Waals surface area contributed by atoms with Crippen molar-refractivity contribution in [1.82, 2.24) is 10.6 Å². The Hall–Kier alpha value is -0.810. The van der Waals surface area contributed by atoms with Crippen molar-refractivity contribution in [3.8, 4) is 0 Å². The lowest BCUT2D eigenvalue weighted by molar-refractivity contribution is -0.119. The number of hydrogen-bond acceptors (Lipinski definition) is 3. The maximum Gasteiger partial charge on any atom is 0.216 e. The zero-order valence-corrected chi connectivity index (χ0v) is 13.0. The summed E-state index contributed by atoms with van der Waals surface area (Å²) in [5.74, 6) is 0.0956. The average molecular weight is 319 g/mol. The lowest BCUT2D eigenvalue weighted by atomic mass is 9.95. The van der Waals surface area contributed by atoms with Crippen molar-refractivity contribution in [1.29, 1.82) is 0 Å². The van der Waals surface area contributed by atoms with E-state index in [1.165, 1.54) is 6.92 Å². The minimum absolute atomic E-state index is 0.0571. The van der Waals surface area contributed by atoms with Crippen LogP contribution in [0.15, 0.2) is 18.2 Å². The molecule has 6 heteroatoms. The van der Waals surface area contributed by atoms with E-state index < -0.39 is 0 Å². The van der Waals surface area contributed by atoms with Gasteiger partial charge in [0.15, 0.2) is 0 Å². The topological polar surface area (TPSA) is 61.4 Å². The molecule has 0 fully saturated rings. The third kappa shape index (κ3) is 6.09. The normalized spacial score (nSPS) is 12.2. The number of amides is 1. The number of carbonyl (C=O) groups is 1. The minimum Gasteiger partial charge on any atom is -0.395 e. The Morgan fingerprint density at radius 2 is 2.05 bits per heavy atom. The average Bonchev–Trinajstić information content (AvgIpc) is 2.41. The molecular formula is C14H20Cl2N2O2. The van der Waals surface area contributed by atoms with E-state index in [2.05, 4.69) is 10.6 Å². The molecule has 0 bridgehead atoms. The van der Waals surface area contributed by atoms with E-state index in [1.54, 1.807) is 6.07 Å². The van der Waals surface area contributed by atoms with Gasteiger partial charge in [0.2, 0.25) is 5.91 Å². The maximum absolute atomic E-state index is 11.1. The predicted octanol–water partition coefficient (Wildman–Crippen LogP) is 2.19. The molecule has 0 spiro atoms. The first-order chi connectivity index (χ1) is 9.54. The molecule has 1 aromatic carbocycles. The monoisotopic (exact) mass is 318 g/mol. The molecule has 1 unspecified atom stereocenters. The molecule has 112 valence electrons. The zero-order valence-electron chi connectivity index (χ0n) is 11.5. The Labute approximate surface area is 129 Å². The van der Waals surface area contributed by atoms with E-state index in [1.807, 2.05) is 12.1 Å². The number of aliphatic hydroxyl groups is 1. The first kappa shape index (κ1) is 17.2. The van der Waals surface area contributed by atoms with Crippen LogP contribution in [0.4, 0.5) is 0 Å². The zero-order chi connectivity index (χ0) is 15.0. The molecule has 0 heterocycles. The van der Waals surface area contributed by atoms with Crippen LogP contribution in [0.3, 0.4) is 0 Å². The molecular weight excluding hydrogens is 299 g/mol. The SMILES string of the molecule is CC(=O)NCC(CCNCCO)c1ccc(Cl)c(Cl)c1. The van der Waals surface area contributed by atoms with Crippen molar-refractivity contribution in [2.24, 2.45) is 0 Å². The standard InChI is InChI=1S/C14H20Cl2N2O2/c1-10(20)18-9-12(4-5-17-6-7-19)11-2-3-13(15)14(16)8-11/h2-3,8,12,17,19H,4-7,9H2,1H3,(H,18,20). The second-order valence-corrected chi connectivity index (χ2v) is 5.38. The number of aliphatic hydroxyl groups excluding tert-OH is 1. The first-order valence-electron chi connectivity index (χ1n) is 6.55. The first-order valence-corrected chi connectivity index (χ1v) is 7.31. The van der Waals surface area contributed by atoms with Crippen LogP contribution < -0.4 is 10.6 Å². The second kappa shape index (κ2) is 9.19. The summed E-state index contributed by atoms with van der Waals surface area (Å²) in [6, 6.07) is 5.52. The van der Waals surface area contributed by atoms with Gasteiger partial charge in [0.1, 0.15) is 0 Å². The summed E-state index contributed by atoms with van der Waals surface area (Å²) in [7, 11) is 0. The van der Waals surface area contributed by atoms with Crippen LogP contribution in [0, 0.1) is 0 Å². The molecule has 0 saturated carbocycles. The van der Waals surface area contributed by atoms with Crippen molar-refractivity contribution in [2.45, 2.75) is 19.3 Å². The molecule has 0 aliphatic carbocycles. The third-order valence-electron chi connectivity index (χ3n) is 2.97. The molecule has 0 aliphatic rings.